The van der Waals surface area contributed by atoms with Crippen molar-refractivity contribution in [1.29, 1.82) is 0 Å². The highest BCUT2D eigenvalue weighted by Crippen LogP contribution is 2.27. The second-order valence-corrected chi connectivity index (χ2v) is 8.26. The van der Waals surface area contributed by atoms with Crippen LogP contribution in [0, 0.1) is 0 Å². The number of anilines is 3. The van der Waals surface area contributed by atoms with Crippen LogP contribution in [0.4, 0.5) is 17.5 Å². The molecule has 3 aromatic rings. The van der Waals surface area contributed by atoms with E-state index in [-0.39, 0.29) is 24.2 Å². The Labute approximate surface area is 175 Å². The summed E-state index contributed by atoms with van der Waals surface area (Å²) in [5, 5.41) is 27.0. The Morgan fingerprint density at radius 3 is 2.63 bits per heavy atom. The van der Waals surface area contributed by atoms with Gasteiger partial charge in [0.2, 0.25) is 0 Å². The molecular weight excluding hydrogens is 382 g/mol. The van der Waals surface area contributed by atoms with Gasteiger partial charge < -0.3 is 25.4 Å². The van der Waals surface area contributed by atoms with E-state index < -0.39 is 6.10 Å². The Hall–Kier alpha value is -2.97. The summed E-state index contributed by atoms with van der Waals surface area (Å²) in [6.07, 6.45) is 3.36. The molecule has 0 saturated heterocycles. The van der Waals surface area contributed by atoms with Crippen molar-refractivity contribution in [1.82, 2.24) is 14.5 Å². The molecule has 0 spiro atoms. The van der Waals surface area contributed by atoms with Gasteiger partial charge in [0.1, 0.15) is 17.5 Å². The van der Waals surface area contributed by atoms with E-state index in [1.807, 2.05) is 33.8 Å². The lowest BCUT2D eigenvalue weighted by Crippen LogP contribution is -2.29. The molecule has 3 aromatic heterocycles. The standard InChI is InChI=1S/C22H29N5O3/c1-5-16(29)14-6-8-23-17(12-14)24-18-13-15-7-9-27(10-11-28)21(30)19(15)20(25-18)26-22(2,3)4/h6-9,12-13,16,28-29H,5,10-11H2,1-4H3,(H2,23,24,25,26). The number of nitrogens with zero attached hydrogens (tertiary/aromatic N) is 3. The van der Waals surface area contributed by atoms with Crippen LogP contribution in [0.15, 0.2) is 41.5 Å². The lowest BCUT2D eigenvalue weighted by molar-refractivity contribution is 0.173. The van der Waals surface area contributed by atoms with Gasteiger partial charge >= 0.3 is 0 Å². The van der Waals surface area contributed by atoms with Crippen LogP contribution < -0.4 is 16.2 Å². The first-order chi connectivity index (χ1) is 14.2. The lowest BCUT2D eigenvalue weighted by atomic mass is 10.1. The third kappa shape index (κ3) is 4.95. The summed E-state index contributed by atoms with van der Waals surface area (Å²) in [6, 6.07) is 7.19. The highest BCUT2D eigenvalue weighted by Gasteiger charge is 2.17. The summed E-state index contributed by atoms with van der Waals surface area (Å²) in [5.74, 6) is 1.55. The molecule has 1 atom stereocenters. The molecule has 4 N–H and O–H groups in total. The lowest BCUT2D eigenvalue weighted by Gasteiger charge is -2.23. The van der Waals surface area contributed by atoms with Crippen molar-refractivity contribution < 1.29 is 10.2 Å². The number of fused-ring (bicyclic) bond motifs is 1. The minimum absolute atomic E-state index is 0.119. The van der Waals surface area contributed by atoms with Crippen molar-refractivity contribution >= 4 is 28.2 Å². The van der Waals surface area contributed by atoms with Gasteiger partial charge in [0.05, 0.1) is 18.1 Å². The van der Waals surface area contributed by atoms with E-state index in [2.05, 4.69) is 20.6 Å². The molecule has 0 aromatic carbocycles. The zero-order chi connectivity index (χ0) is 21.9. The second kappa shape index (κ2) is 8.81. The monoisotopic (exact) mass is 411 g/mol. The molecule has 0 aliphatic heterocycles. The van der Waals surface area contributed by atoms with Crippen LogP contribution in [0.3, 0.4) is 0 Å². The fraction of sp³-hybridized carbons (Fsp3) is 0.409. The summed E-state index contributed by atoms with van der Waals surface area (Å²) >= 11 is 0. The van der Waals surface area contributed by atoms with Gasteiger partial charge in [-0.05, 0) is 62.4 Å². The molecule has 3 rings (SSSR count). The van der Waals surface area contributed by atoms with Crippen LogP contribution in [0.1, 0.15) is 45.8 Å². The minimum atomic E-state index is -0.554. The average molecular weight is 412 g/mol. The van der Waals surface area contributed by atoms with E-state index in [4.69, 9.17) is 0 Å². The van der Waals surface area contributed by atoms with Gasteiger partial charge in [-0.1, -0.05) is 6.92 Å². The van der Waals surface area contributed by atoms with Gasteiger partial charge in [0.15, 0.2) is 0 Å². The molecule has 8 heteroatoms. The molecule has 0 aliphatic carbocycles. The molecule has 3 heterocycles. The summed E-state index contributed by atoms with van der Waals surface area (Å²) in [6.45, 7) is 8.00. The number of pyridine rings is 3. The van der Waals surface area contributed by atoms with Crippen LogP contribution in [0.5, 0.6) is 0 Å². The summed E-state index contributed by atoms with van der Waals surface area (Å²) in [5.41, 5.74) is 0.251. The third-order valence-electron chi connectivity index (χ3n) is 4.60. The van der Waals surface area contributed by atoms with Crippen molar-refractivity contribution in [2.75, 3.05) is 17.2 Å². The van der Waals surface area contributed by atoms with Crippen LogP contribution in [0.2, 0.25) is 0 Å². The Morgan fingerprint density at radius 2 is 1.97 bits per heavy atom. The Morgan fingerprint density at radius 1 is 1.20 bits per heavy atom. The molecule has 1 unspecified atom stereocenters. The number of aromatic nitrogens is 3. The van der Waals surface area contributed by atoms with Gasteiger partial charge in [0.25, 0.3) is 5.56 Å². The van der Waals surface area contributed by atoms with Crippen molar-refractivity contribution in [2.45, 2.75) is 52.3 Å². The smallest absolute Gasteiger partial charge is 0.262 e. The molecule has 0 bridgehead atoms. The van der Waals surface area contributed by atoms with Crippen LogP contribution in [-0.4, -0.2) is 36.9 Å². The van der Waals surface area contributed by atoms with Crippen LogP contribution in [0.25, 0.3) is 10.8 Å². The Bertz CT molecular complexity index is 1090. The van der Waals surface area contributed by atoms with E-state index in [0.717, 1.165) is 10.9 Å². The van der Waals surface area contributed by atoms with E-state index >= 15 is 0 Å². The van der Waals surface area contributed by atoms with Gasteiger partial charge in [-0.2, -0.15) is 0 Å². The molecule has 30 heavy (non-hydrogen) atoms. The molecule has 0 fully saturated rings. The Kier molecular flexibility index (Phi) is 6.38. The summed E-state index contributed by atoms with van der Waals surface area (Å²) in [4.78, 5) is 21.9. The fourth-order valence-electron chi connectivity index (χ4n) is 3.19. The first-order valence-electron chi connectivity index (χ1n) is 10.1. The average Bonchev–Trinajstić information content (AvgIpc) is 2.68. The van der Waals surface area contributed by atoms with Gasteiger partial charge in [0, 0.05) is 24.5 Å². The topological polar surface area (TPSA) is 112 Å². The second-order valence-electron chi connectivity index (χ2n) is 8.26. The van der Waals surface area contributed by atoms with Crippen molar-refractivity contribution in [3.63, 3.8) is 0 Å². The normalized spacial score (nSPS) is 12.7. The zero-order valence-electron chi connectivity index (χ0n) is 17.8. The minimum Gasteiger partial charge on any atom is -0.395 e. The SMILES string of the molecule is CCC(O)c1ccnc(Nc2cc3ccn(CCO)c(=O)c3c(NC(C)(C)C)n2)c1. The van der Waals surface area contributed by atoms with Crippen LogP contribution in [-0.2, 0) is 6.54 Å². The van der Waals surface area contributed by atoms with Gasteiger partial charge in [-0.25, -0.2) is 9.97 Å². The number of nitrogens with one attached hydrogen (secondary N) is 2. The number of rotatable bonds is 7. The van der Waals surface area contributed by atoms with Gasteiger partial charge in [-0.3, -0.25) is 4.79 Å². The fourth-order valence-corrected chi connectivity index (χ4v) is 3.19. The molecule has 0 radical (unpaired) electrons. The van der Waals surface area contributed by atoms with E-state index in [1.54, 1.807) is 30.6 Å². The quantitative estimate of drug-likeness (QED) is 0.472. The number of aliphatic hydroxyl groups excluding tert-OH is 2. The molecule has 8 nitrogen and oxygen atoms in total. The van der Waals surface area contributed by atoms with Crippen molar-refractivity contribution in [3.05, 3.63) is 52.6 Å². The van der Waals surface area contributed by atoms with E-state index in [9.17, 15) is 15.0 Å². The largest absolute Gasteiger partial charge is 0.395 e. The number of hydrogen-bond donors (Lipinski definition) is 4. The number of hydrogen-bond acceptors (Lipinski definition) is 7. The number of aliphatic hydroxyl groups is 2. The molecular formula is C22H29N5O3. The first-order valence-corrected chi connectivity index (χ1v) is 10.1. The molecule has 160 valence electrons. The first kappa shape index (κ1) is 21.7. The highest BCUT2D eigenvalue weighted by atomic mass is 16.3. The van der Waals surface area contributed by atoms with Crippen molar-refractivity contribution in [2.24, 2.45) is 0 Å². The predicted octanol–water partition coefficient (Wildman–Crippen LogP) is 3.18. The zero-order valence-corrected chi connectivity index (χ0v) is 17.8. The van der Waals surface area contributed by atoms with E-state index in [1.165, 1.54) is 4.57 Å². The van der Waals surface area contributed by atoms with Gasteiger partial charge in [-0.15, -0.1) is 0 Å². The Balaban J connectivity index is 2.08. The third-order valence-corrected chi connectivity index (χ3v) is 4.60. The molecule has 0 saturated carbocycles. The van der Waals surface area contributed by atoms with Crippen LogP contribution >= 0.6 is 0 Å². The maximum Gasteiger partial charge on any atom is 0.262 e. The highest BCUT2D eigenvalue weighted by molar-refractivity contribution is 5.93. The maximum absolute atomic E-state index is 13.0. The predicted molar refractivity (Wildman–Crippen MR) is 119 cm³/mol. The summed E-state index contributed by atoms with van der Waals surface area (Å²) < 4.78 is 1.47. The summed E-state index contributed by atoms with van der Waals surface area (Å²) in [7, 11) is 0. The van der Waals surface area contributed by atoms with Crippen molar-refractivity contribution in [3.8, 4) is 0 Å². The van der Waals surface area contributed by atoms with E-state index in [0.29, 0.717) is 29.3 Å². The maximum atomic E-state index is 13.0. The molecule has 0 aliphatic rings. The molecule has 0 amide bonds.